The molecule has 1 aliphatic rings. The molecule has 27 heavy (non-hydrogen) atoms. The fraction of sp³-hybridized carbons (Fsp3) is 0.429. The molecule has 6 heteroatoms. The molecule has 1 aromatic heterocycles. The third-order valence-electron chi connectivity index (χ3n) is 5.07. The monoisotopic (exact) mass is 366 g/mol. The summed E-state index contributed by atoms with van der Waals surface area (Å²) in [5.41, 5.74) is 2.29. The largest absolute Gasteiger partial charge is 0.336 e. The summed E-state index contributed by atoms with van der Waals surface area (Å²) in [4.78, 5) is 38.0. The van der Waals surface area contributed by atoms with Gasteiger partial charge in [0, 0.05) is 38.3 Å². The Balaban J connectivity index is 1.80. The Morgan fingerprint density at radius 3 is 2.63 bits per heavy atom. The smallest absolute Gasteiger partial charge is 0.257 e. The first-order valence-electron chi connectivity index (χ1n) is 9.42. The fourth-order valence-corrected chi connectivity index (χ4v) is 3.52. The van der Waals surface area contributed by atoms with Gasteiger partial charge in [0.1, 0.15) is 5.82 Å². The Morgan fingerprint density at radius 1 is 1.22 bits per heavy atom. The van der Waals surface area contributed by atoms with Crippen molar-refractivity contribution in [2.24, 2.45) is 0 Å². The molecule has 1 fully saturated rings. The van der Waals surface area contributed by atoms with Crippen LogP contribution in [0.5, 0.6) is 0 Å². The minimum absolute atomic E-state index is 0.00386. The van der Waals surface area contributed by atoms with Crippen LogP contribution < -0.4 is 0 Å². The number of rotatable bonds is 4. The zero-order valence-corrected chi connectivity index (χ0v) is 16.2. The first-order chi connectivity index (χ1) is 13.0. The molecule has 2 amide bonds. The molecule has 6 nitrogen and oxygen atoms in total. The van der Waals surface area contributed by atoms with E-state index in [0.29, 0.717) is 43.1 Å². The average Bonchev–Trinajstić information content (AvgIpc) is 2.82. The highest BCUT2D eigenvalue weighted by Gasteiger charge is 2.31. The fourth-order valence-electron chi connectivity index (χ4n) is 3.52. The molecule has 2 heterocycles. The first kappa shape index (κ1) is 19.0. The molecule has 142 valence electrons. The molecule has 0 N–H and O–H groups in total. The number of aryl methyl sites for hydroxylation is 2. The molecule has 0 saturated carbocycles. The predicted molar refractivity (Wildman–Crippen MR) is 103 cm³/mol. The van der Waals surface area contributed by atoms with Crippen molar-refractivity contribution < 1.29 is 9.59 Å². The third kappa shape index (κ3) is 4.32. The Kier molecular flexibility index (Phi) is 5.84. The minimum Gasteiger partial charge on any atom is -0.336 e. The van der Waals surface area contributed by atoms with E-state index in [1.807, 2.05) is 42.2 Å². The maximum atomic E-state index is 13.0. The Morgan fingerprint density at radius 2 is 1.96 bits per heavy atom. The number of nitrogens with zero attached hydrogens (tertiary/aromatic N) is 4. The van der Waals surface area contributed by atoms with Gasteiger partial charge in [0.15, 0.2) is 0 Å². The lowest BCUT2D eigenvalue weighted by atomic mass is 10.1. The molecule has 0 spiro atoms. The van der Waals surface area contributed by atoms with E-state index >= 15 is 0 Å². The molecule has 2 aromatic rings. The van der Waals surface area contributed by atoms with Gasteiger partial charge in [0.25, 0.3) is 5.91 Å². The number of amides is 2. The van der Waals surface area contributed by atoms with Crippen molar-refractivity contribution in [1.82, 2.24) is 19.8 Å². The quantitative estimate of drug-likeness (QED) is 0.834. The second-order valence-corrected chi connectivity index (χ2v) is 6.99. The van der Waals surface area contributed by atoms with Crippen LogP contribution in [0.15, 0.2) is 36.5 Å². The minimum atomic E-state index is -0.0969. The van der Waals surface area contributed by atoms with Crippen LogP contribution in [-0.4, -0.2) is 50.7 Å². The van der Waals surface area contributed by atoms with Crippen LogP contribution in [0.25, 0.3) is 0 Å². The van der Waals surface area contributed by atoms with Crippen molar-refractivity contribution in [3.63, 3.8) is 0 Å². The highest BCUT2D eigenvalue weighted by molar-refractivity contribution is 5.95. The molecular formula is C21H26N4O2. The van der Waals surface area contributed by atoms with Crippen molar-refractivity contribution in [3.8, 4) is 0 Å². The van der Waals surface area contributed by atoms with Crippen molar-refractivity contribution in [2.75, 3.05) is 13.1 Å². The number of aromatic nitrogens is 2. The number of carbonyl (C=O) groups is 2. The van der Waals surface area contributed by atoms with E-state index in [1.165, 1.54) is 0 Å². The van der Waals surface area contributed by atoms with Gasteiger partial charge in [-0.05, 0) is 25.8 Å². The molecule has 0 bridgehead atoms. The normalized spacial score (nSPS) is 17.7. The summed E-state index contributed by atoms with van der Waals surface area (Å²) >= 11 is 0. The van der Waals surface area contributed by atoms with Crippen molar-refractivity contribution >= 4 is 11.8 Å². The van der Waals surface area contributed by atoms with Crippen molar-refractivity contribution in [1.29, 1.82) is 0 Å². The van der Waals surface area contributed by atoms with E-state index in [0.717, 1.165) is 12.0 Å². The lowest BCUT2D eigenvalue weighted by molar-refractivity contribution is -0.133. The van der Waals surface area contributed by atoms with E-state index in [2.05, 4.69) is 16.9 Å². The lowest BCUT2D eigenvalue weighted by Crippen LogP contribution is -2.44. The maximum Gasteiger partial charge on any atom is 0.257 e. The van der Waals surface area contributed by atoms with Crippen LogP contribution >= 0.6 is 0 Å². The van der Waals surface area contributed by atoms with Gasteiger partial charge in [0.2, 0.25) is 5.91 Å². The van der Waals surface area contributed by atoms with E-state index in [1.54, 1.807) is 18.0 Å². The number of hydrogen-bond donors (Lipinski definition) is 0. The van der Waals surface area contributed by atoms with Crippen LogP contribution in [-0.2, 0) is 11.3 Å². The number of hydrogen-bond acceptors (Lipinski definition) is 4. The van der Waals surface area contributed by atoms with Gasteiger partial charge in [-0.15, -0.1) is 0 Å². The zero-order chi connectivity index (χ0) is 19.4. The van der Waals surface area contributed by atoms with Crippen molar-refractivity contribution in [3.05, 3.63) is 59.2 Å². The summed E-state index contributed by atoms with van der Waals surface area (Å²) in [6, 6.07) is 9.98. The number of carbonyl (C=O) groups excluding carboxylic acids is 2. The van der Waals surface area contributed by atoms with E-state index in [9.17, 15) is 9.59 Å². The van der Waals surface area contributed by atoms with Crippen LogP contribution in [0.3, 0.4) is 0 Å². The van der Waals surface area contributed by atoms with Crippen LogP contribution in [0.2, 0.25) is 0 Å². The Bertz CT molecular complexity index is 822. The third-order valence-corrected chi connectivity index (χ3v) is 5.07. The lowest BCUT2D eigenvalue weighted by Gasteiger charge is -2.31. The summed E-state index contributed by atoms with van der Waals surface area (Å²) in [5, 5.41) is 0. The van der Waals surface area contributed by atoms with Gasteiger partial charge in [-0.3, -0.25) is 9.59 Å². The first-order valence-corrected chi connectivity index (χ1v) is 9.42. The Labute approximate surface area is 160 Å². The summed E-state index contributed by atoms with van der Waals surface area (Å²) in [6.07, 6.45) is 2.72. The molecule has 3 rings (SSSR count). The van der Waals surface area contributed by atoms with Crippen LogP contribution in [0.4, 0.5) is 0 Å². The molecule has 1 aliphatic heterocycles. The van der Waals surface area contributed by atoms with E-state index in [-0.39, 0.29) is 17.9 Å². The van der Waals surface area contributed by atoms with Gasteiger partial charge in [-0.1, -0.05) is 37.3 Å². The number of benzene rings is 1. The van der Waals surface area contributed by atoms with Crippen molar-refractivity contribution in [2.45, 2.75) is 46.2 Å². The van der Waals surface area contributed by atoms with Gasteiger partial charge < -0.3 is 9.80 Å². The summed E-state index contributed by atoms with van der Waals surface area (Å²) in [6.45, 7) is 7.22. The summed E-state index contributed by atoms with van der Waals surface area (Å²) < 4.78 is 0. The molecule has 1 atom stereocenters. The summed E-state index contributed by atoms with van der Waals surface area (Å²) in [7, 11) is 0. The second kappa shape index (κ2) is 8.29. The Hall–Kier alpha value is -2.76. The topological polar surface area (TPSA) is 66.4 Å². The SMILES string of the molecule is CC[C@H]1CN(C(=O)c2cnc(C)nc2C)CCC(=O)N1Cc1ccccc1. The van der Waals surface area contributed by atoms with Gasteiger partial charge in [0.05, 0.1) is 11.3 Å². The highest BCUT2D eigenvalue weighted by Crippen LogP contribution is 2.20. The van der Waals surface area contributed by atoms with E-state index in [4.69, 9.17) is 0 Å². The van der Waals surface area contributed by atoms with Crippen LogP contribution in [0.1, 0.15) is 47.2 Å². The molecular weight excluding hydrogens is 340 g/mol. The molecule has 0 radical (unpaired) electrons. The average molecular weight is 366 g/mol. The van der Waals surface area contributed by atoms with E-state index < -0.39 is 0 Å². The molecule has 0 aliphatic carbocycles. The summed E-state index contributed by atoms with van der Waals surface area (Å²) in [5.74, 6) is 0.647. The van der Waals surface area contributed by atoms with Gasteiger partial charge >= 0.3 is 0 Å². The molecule has 1 saturated heterocycles. The maximum absolute atomic E-state index is 13.0. The zero-order valence-electron chi connectivity index (χ0n) is 16.2. The highest BCUT2D eigenvalue weighted by atomic mass is 16.2. The molecule has 1 aromatic carbocycles. The second-order valence-electron chi connectivity index (χ2n) is 6.99. The molecule has 0 unspecified atom stereocenters. The standard InChI is InChI=1S/C21H26N4O2/c1-4-18-14-24(21(27)19-12-22-16(3)23-15(19)2)11-10-20(26)25(18)13-17-8-6-5-7-9-17/h5-9,12,18H,4,10-11,13-14H2,1-3H3/t18-/m0/s1. The predicted octanol–water partition coefficient (Wildman–Crippen LogP) is 2.75. The van der Waals surface area contributed by atoms with Gasteiger partial charge in [-0.25, -0.2) is 9.97 Å². The van der Waals surface area contributed by atoms with Crippen LogP contribution in [0, 0.1) is 13.8 Å². The van der Waals surface area contributed by atoms with Gasteiger partial charge in [-0.2, -0.15) is 0 Å².